The van der Waals surface area contributed by atoms with Crippen LogP contribution < -0.4 is 0 Å². The third kappa shape index (κ3) is 3.53. The molecular formula is C13H19BrN2O2. The van der Waals surface area contributed by atoms with Crippen LogP contribution in [0.3, 0.4) is 0 Å². The minimum Gasteiger partial charge on any atom is -0.395 e. The zero-order valence-electron chi connectivity index (χ0n) is 10.8. The van der Waals surface area contributed by atoms with E-state index in [9.17, 15) is 4.79 Å². The Kier molecular flexibility index (Phi) is 6.29. The number of halogens is 1. The average Bonchev–Trinajstić information content (AvgIpc) is 2.39. The summed E-state index contributed by atoms with van der Waals surface area (Å²) >= 11 is 3.34. The van der Waals surface area contributed by atoms with E-state index in [0.29, 0.717) is 16.7 Å². The van der Waals surface area contributed by atoms with E-state index in [1.165, 1.54) is 0 Å². The Morgan fingerprint density at radius 3 is 2.67 bits per heavy atom. The van der Waals surface area contributed by atoms with Gasteiger partial charge in [0.2, 0.25) is 0 Å². The summed E-state index contributed by atoms with van der Waals surface area (Å²) in [5, 5.41) is 9.12. The Balaban J connectivity index is 2.99. The molecule has 1 aromatic rings. The van der Waals surface area contributed by atoms with Gasteiger partial charge in [0, 0.05) is 23.3 Å². The molecule has 0 atom stereocenters. The first kappa shape index (κ1) is 15.1. The van der Waals surface area contributed by atoms with Gasteiger partial charge in [0.05, 0.1) is 6.61 Å². The second-order valence-corrected chi connectivity index (χ2v) is 4.88. The molecule has 0 saturated heterocycles. The van der Waals surface area contributed by atoms with Crippen molar-refractivity contribution in [2.75, 3.05) is 13.2 Å². The molecule has 18 heavy (non-hydrogen) atoms. The van der Waals surface area contributed by atoms with E-state index in [4.69, 9.17) is 5.11 Å². The third-order valence-corrected chi connectivity index (χ3v) is 3.59. The van der Waals surface area contributed by atoms with Gasteiger partial charge >= 0.3 is 0 Å². The lowest BCUT2D eigenvalue weighted by molar-refractivity contribution is 0.0615. The van der Waals surface area contributed by atoms with Crippen LogP contribution in [0.25, 0.3) is 0 Å². The van der Waals surface area contributed by atoms with Gasteiger partial charge in [0.15, 0.2) is 0 Å². The van der Waals surface area contributed by atoms with Gasteiger partial charge in [-0.1, -0.05) is 13.8 Å². The van der Waals surface area contributed by atoms with E-state index < -0.39 is 0 Å². The summed E-state index contributed by atoms with van der Waals surface area (Å²) in [5.41, 5.74) is 0.401. The maximum atomic E-state index is 12.4. The first-order valence-corrected chi connectivity index (χ1v) is 6.97. The van der Waals surface area contributed by atoms with Crippen molar-refractivity contribution in [1.29, 1.82) is 0 Å². The molecule has 1 rings (SSSR count). The van der Waals surface area contributed by atoms with Gasteiger partial charge in [0.25, 0.3) is 5.91 Å². The molecule has 100 valence electrons. The fourth-order valence-electron chi connectivity index (χ4n) is 1.97. The fraction of sp³-hybridized carbons (Fsp3) is 0.538. The third-order valence-electron chi connectivity index (χ3n) is 2.95. The lowest BCUT2D eigenvalue weighted by Crippen LogP contribution is -2.42. The number of nitrogens with zero attached hydrogens (tertiary/aromatic N) is 2. The summed E-state index contributed by atoms with van der Waals surface area (Å²) in [5.74, 6) is -0.134. The molecule has 0 aliphatic heterocycles. The summed E-state index contributed by atoms with van der Waals surface area (Å²) in [7, 11) is 0. The number of pyridine rings is 1. The molecule has 1 amide bonds. The molecule has 4 nitrogen and oxygen atoms in total. The van der Waals surface area contributed by atoms with Gasteiger partial charge in [-0.05, 0) is 40.9 Å². The number of carbonyl (C=O) groups excluding carboxylic acids is 1. The number of aromatic nitrogens is 1. The summed E-state index contributed by atoms with van der Waals surface area (Å²) < 4.78 is 0.684. The molecule has 1 aromatic heterocycles. The Morgan fingerprint density at radius 1 is 1.50 bits per heavy atom. The van der Waals surface area contributed by atoms with Crippen molar-refractivity contribution in [2.24, 2.45) is 0 Å². The Labute approximate surface area is 116 Å². The van der Waals surface area contributed by atoms with Crippen LogP contribution in [0.2, 0.25) is 0 Å². The Hall–Kier alpha value is -0.940. The molecule has 0 fully saturated rings. The minimum atomic E-state index is -0.134. The quantitative estimate of drug-likeness (QED) is 0.877. The summed E-state index contributed by atoms with van der Waals surface area (Å²) in [6, 6.07) is 3.71. The van der Waals surface area contributed by atoms with Crippen molar-refractivity contribution in [3.8, 4) is 0 Å². The van der Waals surface area contributed by atoms with Crippen LogP contribution in [0.4, 0.5) is 0 Å². The number of aliphatic hydroxyl groups excluding tert-OH is 1. The van der Waals surface area contributed by atoms with Crippen LogP contribution in [0.1, 0.15) is 37.2 Å². The van der Waals surface area contributed by atoms with Crippen molar-refractivity contribution in [3.05, 3.63) is 28.5 Å². The van der Waals surface area contributed by atoms with Gasteiger partial charge in [-0.25, -0.2) is 4.98 Å². The number of amides is 1. The fourth-order valence-corrected chi connectivity index (χ4v) is 2.39. The molecule has 0 aliphatic rings. The van der Waals surface area contributed by atoms with Crippen molar-refractivity contribution < 1.29 is 9.90 Å². The average molecular weight is 315 g/mol. The van der Waals surface area contributed by atoms with Crippen molar-refractivity contribution >= 4 is 21.8 Å². The summed E-state index contributed by atoms with van der Waals surface area (Å²) in [6.07, 6.45) is 3.33. The maximum absolute atomic E-state index is 12.4. The van der Waals surface area contributed by atoms with Crippen molar-refractivity contribution in [2.45, 2.75) is 32.7 Å². The number of hydrogen-bond donors (Lipinski definition) is 1. The SMILES string of the molecule is CCC(CC)N(CCO)C(=O)c1ncccc1Br. The van der Waals surface area contributed by atoms with Gasteiger partial charge in [-0.2, -0.15) is 0 Å². The molecule has 0 aromatic carbocycles. The van der Waals surface area contributed by atoms with Crippen LogP contribution in [0, 0.1) is 0 Å². The zero-order valence-corrected chi connectivity index (χ0v) is 12.4. The molecule has 1 N–H and O–H groups in total. The lowest BCUT2D eigenvalue weighted by Gasteiger charge is -2.29. The van der Waals surface area contributed by atoms with E-state index >= 15 is 0 Å². The predicted molar refractivity (Wildman–Crippen MR) is 74.4 cm³/mol. The normalized spacial score (nSPS) is 10.7. The Morgan fingerprint density at radius 2 is 2.17 bits per heavy atom. The van der Waals surface area contributed by atoms with Crippen LogP contribution >= 0.6 is 15.9 Å². The molecule has 1 heterocycles. The molecule has 0 saturated carbocycles. The van der Waals surface area contributed by atoms with Crippen LogP contribution in [0.5, 0.6) is 0 Å². The first-order valence-electron chi connectivity index (χ1n) is 6.18. The smallest absolute Gasteiger partial charge is 0.273 e. The largest absolute Gasteiger partial charge is 0.395 e. The number of carbonyl (C=O) groups is 1. The second kappa shape index (κ2) is 7.48. The highest BCUT2D eigenvalue weighted by Crippen LogP contribution is 2.18. The van der Waals surface area contributed by atoms with Gasteiger partial charge in [-0.15, -0.1) is 0 Å². The van der Waals surface area contributed by atoms with E-state index in [0.717, 1.165) is 12.8 Å². The molecule has 0 spiro atoms. The maximum Gasteiger partial charge on any atom is 0.273 e. The second-order valence-electron chi connectivity index (χ2n) is 4.03. The minimum absolute atomic E-state index is 0.0350. The zero-order chi connectivity index (χ0) is 13.5. The number of hydrogen-bond acceptors (Lipinski definition) is 3. The Bertz CT molecular complexity index is 394. The molecule has 5 heteroatoms. The number of rotatable bonds is 6. The van der Waals surface area contributed by atoms with Crippen LogP contribution in [0.15, 0.2) is 22.8 Å². The molecule has 0 aliphatic carbocycles. The number of aliphatic hydroxyl groups is 1. The molecule has 0 bridgehead atoms. The van der Waals surface area contributed by atoms with Gasteiger partial charge in [0.1, 0.15) is 5.69 Å². The van der Waals surface area contributed by atoms with Crippen LogP contribution in [-0.2, 0) is 0 Å². The highest BCUT2D eigenvalue weighted by molar-refractivity contribution is 9.10. The van der Waals surface area contributed by atoms with E-state index in [2.05, 4.69) is 20.9 Å². The molecule has 0 radical (unpaired) electrons. The summed E-state index contributed by atoms with van der Waals surface area (Å²) in [4.78, 5) is 18.3. The monoisotopic (exact) mass is 314 g/mol. The van der Waals surface area contributed by atoms with Crippen molar-refractivity contribution in [1.82, 2.24) is 9.88 Å². The first-order chi connectivity index (χ1) is 8.65. The van der Waals surface area contributed by atoms with Gasteiger partial charge < -0.3 is 10.0 Å². The summed E-state index contributed by atoms with van der Waals surface area (Å²) in [6.45, 7) is 4.39. The lowest BCUT2D eigenvalue weighted by atomic mass is 10.1. The predicted octanol–water partition coefficient (Wildman–Crippen LogP) is 2.47. The topological polar surface area (TPSA) is 53.4 Å². The van der Waals surface area contributed by atoms with Crippen LogP contribution in [-0.4, -0.2) is 40.1 Å². The molecule has 0 unspecified atom stereocenters. The van der Waals surface area contributed by atoms with E-state index in [-0.39, 0.29) is 18.6 Å². The standard InChI is InChI=1S/C13H19BrN2O2/c1-3-10(4-2)16(8-9-17)13(18)12-11(14)6-5-7-15-12/h5-7,10,17H,3-4,8-9H2,1-2H3. The van der Waals surface area contributed by atoms with E-state index in [1.807, 2.05) is 13.8 Å². The highest BCUT2D eigenvalue weighted by Gasteiger charge is 2.24. The molecular weight excluding hydrogens is 296 g/mol. The van der Waals surface area contributed by atoms with Crippen molar-refractivity contribution in [3.63, 3.8) is 0 Å². The van der Waals surface area contributed by atoms with E-state index in [1.54, 1.807) is 23.2 Å². The van der Waals surface area contributed by atoms with Gasteiger partial charge in [-0.3, -0.25) is 4.79 Å². The highest BCUT2D eigenvalue weighted by atomic mass is 79.9.